The molecule has 2 aromatic rings. The average Bonchev–Trinajstić information content (AvgIpc) is 2.46. The molecule has 2 amide bonds. The van der Waals surface area contributed by atoms with Gasteiger partial charge in [0.25, 0.3) is 0 Å². The van der Waals surface area contributed by atoms with Crippen LogP contribution in [0.2, 0.25) is 0 Å². The largest absolute Gasteiger partial charge is 0.334 e. The van der Waals surface area contributed by atoms with Gasteiger partial charge in [-0.1, -0.05) is 24.3 Å². The molecule has 2 aromatic carbocycles. The Morgan fingerprint density at radius 1 is 1.13 bits per heavy atom. The summed E-state index contributed by atoms with van der Waals surface area (Å²) in [6.45, 7) is 0.166. The Kier molecular flexibility index (Phi) is 5.17. The summed E-state index contributed by atoms with van der Waals surface area (Å²) in [5, 5.41) is 4.97. The molecule has 2 rings (SSSR count). The van der Waals surface area contributed by atoms with Gasteiger partial charge < -0.3 is 10.6 Å². The first-order valence-corrected chi connectivity index (χ1v) is 8.59. The van der Waals surface area contributed by atoms with E-state index in [-0.39, 0.29) is 12.2 Å². The summed E-state index contributed by atoms with van der Waals surface area (Å²) in [5.74, 6) is -0.526. The fraction of sp³-hybridized carbons (Fsp3) is 0.133. The van der Waals surface area contributed by atoms with E-state index < -0.39 is 21.9 Å². The second-order valence-corrected chi connectivity index (χ2v) is 6.61. The van der Waals surface area contributed by atoms with Crippen LogP contribution in [0.15, 0.2) is 48.5 Å². The number of anilines is 2. The number of hydrogen-bond acceptors (Lipinski definition) is 3. The van der Waals surface area contributed by atoms with Crippen LogP contribution in [0.25, 0.3) is 0 Å². The quantitative estimate of drug-likeness (QED) is 0.783. The second-order valence-electron chi connectivity index (χ2n) is 4.86. The van der Waals surface area contributed by atoms with Crippen LogP contribution in [0.5, 0.6) is 0 Å². The van der Waals surface area contributed by atoms with Gasteiger partial charge in [-0.25, -0.2) is 17.6 Å². The minimum atomic E-state index is -3.36. The average molecular weight is 337 g/mol. The van der Waals surface area contributed by atoms with Crippen LogP contribution in [0.4, 0.5) is 20.6 Å². The van der Waals surface area contributed by atoms with E-state index in [1.54, 1.807) is 30.3 Å². The van der Waals surface area contributed by atoms with Crippen molar-refractivity contribution in [2.24, 2.45) is 0 Å². The number of nitrogens with one attached hydrogen (secondary N) is 3. The van der Waals surface area contributed by atoms with E-state index >= 15 is 0 Å². The van der Waals surface area contributed by atoms with Crippen LogP contribution in [-0.4, -0.2) is 20.7 Å². The third-order valence-electron chi connectivity index (χ3n) is 2.81. The minimum absolute atomic E-state index is 0.0810. The Hall–Kier alpha value is -2.61. The first-order valence-electron chi connectivity index (χ1n) is 6.69. The van der Waals surface area contributed by atoms with Gasteiger partial charge in [-0.2, -0.15) is 0 Å². The fourth-order valence-corrected chi connectivity index (χ4v) is 2.43. The molecule has 0 saturated carbocycles. The molecule has 0 radical (unpaired) electrons. The van der Waals surface area contributed by atoms with Crippen LogP contribution in [0.1, 0.15) is 5.56 Å². The van der Waals surface area contributed by atoms with Gasteiger partial charge in [-0.05, 0) is 29.8 Å². The maximum absolute atomic E-state index is 13.4. The van der Waals surface area contributed by atoms with Gasteiger partial charge in [0, 0.05) is 12.2 Å². The molecule has 0 bridgehead atoms. The molecule has 0 aliphatic rings. The lowest BCUT2D eigenvalue weighted by molar-refractivity contribution is 0.251. The topological polar surface area (TPSA) is 87.3 Å². The van der Waals surface area contributed by atoms with Crippen molar-refractivity contribution >= 4 is 27.4 Å². The van der Waals surface area contributed by atoms with Crippen molar-refractivity contribution < 1.29 is 17.6 Å². The Morgan fingerprint density at radius 2 is 1.87 bits per heavy atom. The summed E-state index contributed by atoms with van der Waals surface area (Å²) in [6.07, 6.45) is 1.06. The summed E-state index contributed by atoms with van der Waals surface area (Å²) < 4.78 is 38.1. The van der Waals surface area contributed by atoms with Crippen molar-refractivity contribution in [1.29, 1.82) is 0 Å². The summed E-state index contributed by atoms with van der Waals surface area (Å²) in [7, 11) is -3.36. The van der Waals surface area contributed by atoms with Crippen LogP contribution in [-0.2, 0) is 16.6 Å². The molecule has 8 heteroatoms. The standard InChI is InChI=1S/C15H16FN3O3S/c1-23(21,22)19-12-6-4-5-11(9-12)10-17-15(20)18-14-8-3-2-7-13(14)16/h2-9,19H,10H2,1H3,(H2,17,18,20). The van der Waals surface area contributed by atoms with Crippen LogP contribution >= 0.6 is 0 Å². The number of sulfonamides is 1. The highest BCUT2D eigenvalue weighted by Gasteiger charge is 2.06. The first kappa shape index (κ1) is 16.8. The van der Waals surface area contributed by atoms with Gasteiger partial charge in [-0.3, -0.25) is 4.72 Å². The molecular formula is C15H16FN3O3S. The lowest BCUT2D eigenvalue weighted by Gasteiger charge is -2.10. The van der Waals surface area contributed by atoms with Crippen molar-refractivity contribution in [1.82, 2.24) is 5.32 Å². The Balaban J connectivity index is 1.94. The van der Waals surface area contributed by atoms with Crippen molar-refractivity contribution in [2.75, 3.05) is 16.3 Å². The van der Waals surface area contributed by atoms with Crippen LogP contribution in [0, 0.1) is 5.82 Å². The Morgan fingerprint density at radius 3 is 2.57 bits per heavy atom. The van der Waals surface area contributed by atoms with E-state index in [1.807, 2.05) is 0 Å². The number of halogens is 1. The fourth-order valence-electron chi connectivity index (χ4n) is 1.87. The number of amides is 2. The summed E-state index contributed by atoms with van der Waals surface area (Å²) >= 11 is 0. The third kappa shape index (κ3) is 5.59. The smallest absolute Gasteiger partial charge is 0.319 e. The lowest BCUT2D eigenvalue weighted by atomic mass is 10.2. The van der Waals surface area contributed by atoms with Crippen molar-refractivity contribution in [2.45, 2.75) is 6.54 Å². The molecule has 23 heavy (non-hydrogen) atoms. The molecule has 0 fully saturated rings. The van der Waals surface area contributed by atoms with Crippen molar-refractivity contribution in [3.8, 4) is 0 Å². The lowest BCUT2D eigenvalue weighted by Crippen LogP contribution is -2.28. The molecule has 0 unspecified atom stereocenters. The predicted octanol–water partition coefficient (Wildman–Crippen LogP) is 2.52. The predicted molar refractivity (Wildman–Crippen MR) is 87.2 cm³/mol. The normalized spacial score (nSPS) is 10.9. The van der Waals surface area contributed by atoms with Gasteiger partial charge in [0.05, 0.1) is 11.9 Å². The number of benzene rings is 2. The van der Waals surface area contributed by atoms with Gasteiger partial charge in [0.15, 0.2) is 0 Å². The zero-order valence-corrected chi connectivity index (χ0v) is 13.2. The molecule has 6 nitrogen and oxygen atoms in total. The number of carbonyl (C=O) groups is 1. The molecular weight excluding hydrogens is 321 g/mol. The molecule has 0 atom stereocenters. The highest BCUT2D eigenvalue weighted by atomic mass is 32.2. The number of hydrogen-bond donors (Lipinski definition) is 3. The van der Waals surface area contributed by atoms with E-state index in [0.29, 0.717) is 11.3 Å². The van der Waals surface area contributed by atoms with Crippen LogP contribution < -0.4 is 15.4 Å². The van der Waals surface area contributed by atoms with E-state index in [2.05, 4.69) is 15.4 Å². The zero-order valence-electron chi connectivity index (χ0n) is 12.3. The van der Waals surface area contributed by atoms with E-state index in [0.717, 1.165) is 6.26 Å². The SMILES string of the molecule is CS(=O)(=O)Nc1cccc(CNC(=O)Nc2ccccc2F)c1. The van der Waals surface area contributed by atoms with Crippen molar-refractivity contribution in [3.63, 3.8) is 0 Å². The van der Waals surface area contributed by atoms with E-state index in [9.17, 15) is 17.6 Å². The maximum Gasteiger partial charge on any atom is 0.319 e. The molecule has 0 saturated heterocycles. The highest BCUT2D eigenvalue weighted by molar-refractivity contribution is 7.92. The zero-order chi connectivity index (χ0) is 16.9. The molecule has 0 aromatic heterocycles. The molecule has 0 heterocycles. The molecule has 0 spiro atoms. The first-order chi connectivity index (χ1) is 10.8. The highest BCUT2D eigenvalue weighted by Crippen LogP contribution is 2.13. The monoisotopic (exact) mass is 337 g/mol. The van der Waals surface area contributed by atoms with Gasteiger partial charge in [0.2, 0.25) is 10.0 Å². The summed E-state index contributed by atoms with van der Waals surface area (Å²) in [6, 6.07) is 11.9. The maximum atomic E-state index is 13.4. The molecule has 0 aliphatic heterocycles. The van der Waals surface area contributed by atoms with Crippen molar-refractivity contribution in [3.05, 3.63) is 59.9 Å². The number of carbonyl (C=O) groups excluding carboxylic acids is 1. The minimum Gasteiger partial charge on any atom is -0.334 e. The van der Waals surface area contributed by atoms with Crippen LogP contribution in [0.3, 0.4) is 0 Å². The van der Waals surface area contributed by atoms with E-state index in [4.69, 9.17) is 0 Å². The second kappa shape index (κ2) is 7.10. The van der Waals surface area contributed by atoms with Gasteiger partial charge in [0.1, 0.15) is 5.82 Å². The number of para-hydroxylation sites is 1. The van der Waals surface area contributed by atoms with Gasteiger partial charge in [-0.15, -0.1) is 0 Å². The molecule has 0 aliphatic carbocycles. The number of urea groups is 1. The Labute approximate surface area is 133 Å². The third-order valence-corrected chi connectivity index (χ3v) is 3.41. The summed E-state index contributed by atoms with van der Waals surface area (Å²) in [4.78, 5) is 11.8. The Bertz CT molecular complexity index is 809. The molecule has 3 N–H and O–H groups in total. The summed E-state index contributed by atoms with van der Waals surface area (Å²) in [5.41, 5.74) is 1.18. The number of rotatable bonds is 5. The molecule has 122 valence electrons. The van der Waals surface area contributed by atoms with Gasteiger partial charge >= 0.3 is 6.03 Å². The van der Waals surface area contributed by atoms with E-state index in [1.165, 1.54) is 18.2 Å².